The molecule has 1 aromatic carbocycles. The molecule has 0 fully saturated rings. The second kappa shape index (κ2) is 4.99. The van der Waals surface area contributed by atoms with Crippen LogP contribution in [0.25, 0.3) is 0 Å². The minimum absolute atomic E-state index is 0.520. The number of nitrogens with zero attached hydrogens (tertiary/aromatic N) is 2. The number of benzene rings is 1. The molecule has 0 amide bonds. The van der Waals surface area contributed by atoms with Gasteiger partial charge in [-0.1, -0.05) is 29.8 Å². The average molecular weight is 233 g/mol. The number of pyridine rings is 1. The standard InChI is InChI=1S/C13H13ClN2/c1-2-16(11-6-4-3-5-7-11)12-8-9-15-13(14)10-12/h3-10H,2H2,1H3. The van der Waals surface area contributed by atoms with Gasteiger partial charge in [-0.15, -0.1) is 0 Å². The maximum absolute atomic E-state index is 5.90. The van der Waals surface area contributed by atoms with Gasteiger partial charge in [0.25, 0.3) is 0 Å². The lowest BCUT2D eigenvalue weighted by atomic mass is 10.2. The highest BCUT2D eigenvalue weighted by molar-refractivity contribution is 6.29. The Bertz CT molecular complexity index is 456. The van der Waals surface area contributed by atoms with E-state index in [1.54, 1.807) is 6.20 Å². The van der Waals surface area contributed by atoms with Crippen LogP contribution in [-0.4, -0.2) is 11.5 Å². The van der Waals surface area contributed by atoms with Gasteiger partial charge in [-0.25, -0.2) is 4.98 Å². The number of halogens is 1. The summed E-state index contributed by atoms with van der Waals surface area (Å²) in [5.41, 5.74) is 2.22. The lowest BCUT2D eigenvalue weighted by Crippen LogP contribution is -2.15. The number of anilines is 2. The van der Waals surface area contributed by atoms with Crippen LogP contribution in [0.2, 0.25) is 5.15 Å². The Morgan fingerprint density at radius 2 is 1.88 bits per heavy atom. The van der Waals surface area contributed by atoms with E-state index in [2.05, 4.69) is 28.9 Å². The molecule has 0 aliphatic rings. The third-order valence-electron chi connectivity index (χ3n) is 2.41. The minimum Gasteiger partial charge on any atom is -0.342 e. The molecule has 16 heavy (non-hydrogen) atoms. The zero-order chi connectivity index (χ0) is 11.4. The van der Waals surface area contributed by atoms with E-state index in [0.29, 0.717) is 5.15 Å². The highest BCUT2D eigenvalue weighted by Gasteiger charge is 2.06. The molecule has 2 aromatic rings. The van der Waals surface area contributed by atoms with Crippen molar-refractivity contribution in [3.8, 4) is 0 Å². The summed E-state index contributed by atoms with van der Waals surface area (Å²) in [5.74, 6) is 0. The molecule has 0 aliphatic heterocycles. The minimum atomic E-state index is 0.520. The molecule has 0 radical (unpaired) electrons. The summed E-state index contributed by atoms with van der Waals surface area (Å²) in [6, 6.07) is 14.1. The first-order valence-corrected chi connectivity index (χ1v) is 5.63. The van der Waals surface area contributed by atoms with E-state index < -0.39 is 0 Å². The van der Waals surface area contributed by atoms with E-state index in [1.807, 2.05) is 30.3 Å². The molecular formula is C13H13ClN2. The quantitative estimate of drug-likeness (QED) is 0.747. The average Bonchev–Trinajstić information content (AvgIpc) is 2.31. The maximum atomic E-state index is 5.90. The fourth-order valence-electron chi connectivity index (χ4n) is 1.68. The van der Waals surface area contributed by atoms with Crippen LogP contribution in [0, 0.1) is 0 Å². The summed E-state index contributed by atoms with van der Waals surface area (Å²) in [6.45, 7) is 3.01. The SMILES string of the molecule is CCN(c1ccccc1)c1ccnc(Cl)c1. The zero-order valence-corrected chi connectivity index (χ0v) is 9.85. The van der Waals surface area contributed by atoms with Gasteiger partial charge in [-0.2, -0.15) is 0 Å². The van der Waals surface area contributed by atoms with Crippen molar-refractivity contribution in [1.29, 1.82) is 0 Å². The van der Waals surface area contributed by atoms with Crippen LogP contribution < -0.4 is 4.90 Å². The molecule has 0 unspecified atom stereocenters. The van der Waals surface area contributed by atoms with Gasteiger partial charge in [0.2, 0.25) is 0 Å². The van der Waals surface area contributed by atoms with Crippen LogP contribution in [-0.2, 0) is 0 Å². The van der Waals surface area contributed by atoms with Crippen LogP contribution in [0.15, 0.2) is 48.7 Å². The number of rotatable bonds is 3. The van der Waals surface area contributed by atoms with Crippen molar-refractivity contribution in [2.24, 2.45) is 0 Å². The Balaban J connectivity index is 2.37. The van der Waals surface area contributed by atoms with Gasteiger partial charge in [0.1, 0.15) is 5.15 Å². The van der Waals surface area contributed by atoms with Gasteiger partial charge in [0.05, 0.1) is 0 Å². The van der Waals surface area contributed by atoms with Crippen LogP contribution in [0.5, 0.6) is 0 Å². The highest BCUT2D eigenvalue weighted by Crippen LogP contribution is 2.25. The summed E-state index contributed by atoms with van der Waals surface area (Å²) >= 11 is 5.90. The van der Waals surface area contributed by atoms with E-state index in [0.717, 1.165) is 17.9 Å². The fraction of sp³-hybridized carbons (Fsp3) is 0.154. The van der Waals surface area contributed by atoms with Crippen molar-refractivity contribution in [3.63, 3.8) is 0 Å². The molecule has 2 rings (SSSR count). The summed E-state index contributed by atoms with van der Waals surface area (Å²) in [6.07, 6.45) is 1.73. The fourth-order valence-corrected chi connectivity index (χ4v) is 1.85. The van der Waals surface area contributed by atoms with Gasteiger partial charge in [0, 0.05) is 24.1 Å². The predicted molar refractivity (Wildman–Crippen MR) is 68.4 cm³/mol. The van der Waals surface area contributed by atoms with Crippen molar-refractivity contribution in [2.75, 3.05) is 11.4 Å². The van der Waals surface area contributed by atoms with Crippen molar-refractivity contribution < 1.29 is 0 Å². The molecule has 0 atom stereocenters. The third kappa shape index (κ3) is 2.34. The Morgan fingerprint density at radius 3 is 2.50 bits per heavy atom. The lowest BCUT2D eigenvalue weighted by Gasteiger charge is -2.23. The third-order valence-corrected chi connectivity index (χ3v) is 2.61. The molecule has 3 heteroatoms. The van der Waals surface area contributed by atoms with Gasteiger partial charge in [-0.3, -0.25) is 0 Å². The number of hydrogen-bond donors (Lipinski definition) is 0. The molecule has 1 aromatic heterocycles. The van der Waals surface area contributed by atoms with Crippen molar-refractivity contribution in [2.45, 2.75) is 6.92 Å². The number of aromatic nitrogens is 1. The normalized spacial score (nSPS) is 10.1. The summed E-state index contributed by atoms with van der Waals surface area (Å²) in [4.78, 5) is 6.18. The van der Waals surface area contributed by atoms with E-state index >= 15 is 0 Å². The van der Waals surface area contributed by atoms with E-state index in [-0.39, 0.29) is 0 Å². The van der Waals surface area contributed by atoms with Gasteiger partial charge < -0.3 is 4.90 Å². The lowest BCUT2D eigenvalue weighted by molar-refractivity contribution is 1.02. The second-order valence-electron chi connectivity index (χ2n) is 3.42. The first-order valence-electron chi connectivity index (χ1n) is 5.25. The zero-order valence-electron chi connectivity index (χ0n) is 9.10. The van der Waals surface area contributed by atoms with Gasteiger partial charge in [0.15, 0.2) is 0 Å². The Kier molecular flexibility index (Phi) is 3.42. The molecule has 0 saturated carbocycles. The summed E-state index contributed by atoms with van der Waals surface area (Å²) < 4.78 is 0. The van der Waals surface area contributed by atoms with Crippen LogP contribution in [0.1, 0.15) is 6.92 Å². The molecule has 0 saturated heterocycles. The van der Waals surface area contributed by atoms with Crippen molar-refractivity contribution >= 4 is 23.0 Å². The van der Waals surface area contributed by atoms with E-state index in [4.69, 9.17) is 11.6 Å². The first kappa shape index (κ1) is 11.0. The largest absolute Gasteiger partial charge is 0.342 e. The van der Waals surface area contributed by atoms with Crippen LogP contribution in [0.3, 0.4) is 0 Å². The Labute approximate surface area is 101 Å². The molecule has 0 spiro atoms. The Morgan fingerprint density at radius 1 is 1.12 bits per heavy atom. The highest BCUT2D eigenvalue weighted by atomic mass is 35.5. The molecule has 2 nitrogen and oxygen atoms in total. The van der Waals surface area contributed by atoms with Crippen LogP contribution >= 0.6 is 11.6 Å². The van der Waals surface area contributed by atoms with E-state index in [9.17, 15) is 0 Å². The maximum Gasteiger partial charge on any atom is 0.131 e. The van der Waals surface area contributed by atoms with Crippen LogP contribution in [0.4, 0.5) is 11.4 Å². The Hall–Kier alpha value is -1.54. The van der Waals surface area contributed by atoms with Crippen molar-refractivity contribution in [1.82, 2.24) is 4.98 Å². The second-order valence-corrected chi connectivity index (χ2v) is 3.80. The molecule has 1 heterocycles. The predicted octanol–water partition coefficient (Wildman–Crippen LogP) is 3.89. The molecule has 0 N–H and O–H groups in total. The van der Waals surface area contributed by atoms with E-state index in [1.165, 1.54) is 0 Å². The molecular weight excluding hydrogens is 220 g/mol. The number of para-hydroxylation sites is 1. The molecule has 0 bridgehead atoms. The van der Waals surface area contributed by atoms with Gasteiger partial charge >= 0.3 is 0 Å². The topological polar surface area (TPSA) is 16.1 Å². The number of hydrogen-bond acceptors (Lipinski definition) is 2. The monoisotopic (exact) mass is 232 g/mol. The van der Waals surface area contributed by atoms with Crippen molar-refractivity contribution in [3.05, 3.63) is 53.8 Å². The summed E-state index contributed by atoms with van der Waals surface area (Å²) in [5, 5.41) is 0.520. The first-order chi connectivity index (χ1) is 7.81. The smallest absolute Gasteiger partial charge is 0.131 e. The summed E-state index contributed by atoms with van der Waals surface area (Å²) in [7, 11) is 0. The molecule has 82 valence electrons. The molecule has 0 aliphatic carbocycles. The van der Waals surface area contributed by atoms with Gasteiger partial charge in [-0.05, 0) is 31.2 Å².